The van der Waals surface area contributed by atoms with Crippen molar-refractivity contribution in [3.63, 3.8) is 0 Å². The van der Waals surface area contributed by atoms with Crippen LogP contribution in [-0.2, 0) is 4.74 Å². The molecule has 0 saturated carbocycles. The normalized spacial score (nSPS) is 14.2. The molecule has 0 heterocycles. The number of rotatable bonds is 8. The maximum Gasteiger partial charge on any atom is 0.407 e. The third kappa shape index (κ3) is 4.87. The molecule has 0 aliphatic heterocycles. The minimum atomic E-state index is -1.12. The largest absolute Gasteiger partial charge is 0.496 e. The van der Waals surface area contributed by atoms with Crippen LogP contribution in [0.2, 0.25) is 0 Å². The van der Waals surface area contributed by atoms with Crippen molar-refractivity contribution in [3.05, 3.63) is 89.0 Å². The number of carbonyl (C=O) groups is 1. The molecule has 6 nitrogen and oxygen atoms in total. The van der Waals surface area contributed by atoms with E-state index in [1.807, 2.05) is 37.3 Å². The van der Waals surface area contributed by atoms with Crippen molar-refractivity contribution in [2.24, 2.45) is 0 Å². The van der Waals surface area contributed by atoms with Gasteiger partial charge >= 0.3 is 6.09 Å². The molecule has 0 aromatic heterocycles. The zero-order valence-electron chi connectivity index (χ0n) is 18.8. The van der Waals surface area contributed by atoms with Crippen LogP contribution < -0.4 is 10.1 Å². The van der Waals surface area contributed by atoms with Gasteiger partial charge in [-0.1, -0.05) is 60.2 Å². The number of aliphatic hydroxyl groups is 2. The molecule has 0 fully saturated rings. The second kappa shape index (κ2) is 10.1. The Morgan fingerprint density at radius 1 is 1.00 bits per heavy atom. The second-order valence-corrected chi connectivity index (χ2v) is 8.30. The van der Waals surface area contributed by atoms with Crippen molar-refractivity contribution in [3.8, 4) is 16.9 Å². The van der Waals surface area contributed by atoms with E-state index in [1.54, 1.807) is 12.1 Å². The molecule has 0 saturated heterocycles. The minimum Gasteiger partial charge on any atom is -0.496 e. The van der Waals surface area contributed by atoms with Crippen LogP contribution in [0.25, 0.3) is 11.1 Å². The van der Waals surface area contributed by atoms with Gasteiger partial charge in [0.2, 0.25) is 0 Å². The number of fused-ring (bicyclic) bond motifs is 3. The first-order valence-corrected chi connectivity index (χ1v) is 11.1. The first-order chi connectivity index (χ1) is 16.0. The van der Waals surface area contributed by atoms with E-state index in [4.69, 9.17) is 9.47 Å². The van der Waals surface area contributed by atoms with Gasteiger partial charge in [-0.15, -0.1) is 0 Å². The smallest absolute Gasteiger partial charge is 0.407 e. The molecule has 3 N–H and O–H groups in total. The summed E-state index contributed by atoms with van der Waals surface area (Å²) >= 11 is 0. The van der Waals surface area contributed by atoms with Crippen LogP contribution in [0, 0.1) is 6.92 Å². The Balaban J connectivity index is 1.30. The molecule has 1 aliphatic carbocycles. The SMILES string of the molecule is COc1ccc(C)cc1C(O)C(O)CCNC(=O)OCC1c2ccccc2-c2ccccc21. The highest BCUT2D eigenvalue weighted by molar-refractivity contribution is 5.79. The van der Waals surface area contributed by atoms with E-state index in [0.29, 0.717) is 11.3 Å². The Bertz CT molecular complexity index is 1080. The maximum atomic E-state index is 12.3. The average Bonchev–Trinajstić information content (AvgIpc) is 3.16. The third-order valence-corrected chi connectivity index (χ3v) is 6.12. The average molecular weight is 448 g/mol. The molecular formula is C27H29NO5. The highest BCUT2D eigenvalue weighted by Crippen LogP contribution is 2.44. The predicted octanol–water partition coefficient (Wildman–Crippen LogP) is 4.33. The lowest BCUT2D eigenvalue weighted by atomic mass is 9.98. The summed E-state index contributed by atoms with van der Waals surface area (Å²) in [5, 5.41) is 23.6. The first-order valence-electron chi connectivity index (χ1n) is 11.1. The Hall–Kier alpha value is -3.35. The van der Waals surface area contributed by atoms with Gasteiger partial charge in [0, 0.05) is 18.0 Å². The van der Waals surface area contributed by atoms with Crippen molar-refractivity contribution >= 4 is 6.09 Å². The van der Waals surface area contributed by atoms with Gasteiger partial charge in [0.25, 0.3) is 0 Å². The highest BCUT2D eigenvalue weighted by Gasteiger charge is 2.29. The fourth-order valence-corrected chi connectivity index (χ4v) is 4.42. The lowest BCUT2D eigenvalue weighted by molar-refractivity contribution is 0.0123. The Morgan fingerprint density at radius 2 is 1.64 bits per heavy atom. The number of aliphatic hydroxyl groups excluding tert-OH is 2. The van der Waals surface area contributed by atoms with Gasteiger partial charge in [-0.05, 0) is 47.7 Å². The van der Waals surface area contributed by atoms with Crippen LogP contribution in [0.3, 0.4) is 0 Å². The standard InChI is InChI=1S/C27H29NO5/c1-17-11-12-25(32-2)22(15-17)26(30)24(29)13-14-28-27(31)33-16-23-20-9-5-3-7-18(20)19-8-4-6-10-21(19)23/h3-12,15,23-24,26,29-30H,13-14,16H2,1-2H3,(H,28,31). The number of amides is 1. The summed E-state index contributed by atoms with van der Waals surface area (Å²) in [6.07, 6.45) is -2.56. The van der Waals surface area contributed by atoms with Gasteiger partial charge in [0.1, 0.15) is 18.5 Å². The van der Waals surface area contributed by atoms with Crippen LogP contribution in [0.5, 0.6) is 5.75 Å². The molecule has 3 aromatic rings. The number of hydrogen-bond donors (Lipinski definition) is 3. The van der Waals surface area contributed by atoms with Gasteiger partial charge in [-0.3, -0.25) is 0 Å². The quantitative estimate of drug-likeness (QED) is 0.479. The lowest BCUT2D eigenvalue weighted by Gasteiger charge is -2.21. The minimum absolute atomic E-state index is 0.00986. The molecule has 4 rings (SSSR count). The number of ether oxygens (including phenoxy) is 2. The van der Waals surface area contributed by atoms with Crippen molar-refractivity contribution in [1.29, 1.82) is 0 Å². The lowest BCUT2D eigenvalue weighted by Crippen LogP contribution is -2.30. The van der Waals surface area contributed by atoms with Gasteiger partial charge < -0.3 is 25.0 Å². The molecule has 1 aliphatic rings. The van der Waals surface area contributed by atoms with Crippen molar-refractivity contribution < 1.29 is 24.5 Å². The van der Waals surface area contributed by atoms with Crippen molar-refractivity contribution in [1.82, 2.24) is 5.32 Å². The number of nitrogens with one attached hydrogen (secondary N) is 1. The van der Waals surface area contributed by atoms with Crippen molar-refractivity contribution in [2.75, 3.05) is 20.3 Å². The van der Waals surface area contributed by atoms with Crippen LogP contribution in [0.15, 0.2) is 66.7 Å². The molecular weight excluding hydrogens is 418 g/mol. The fraction of sp³-hybridized carbons (Fsp3) is 0.296. The predicted molar refractivity (Wildman–Crippen MR) is 126 cm³/mol. The highest BCUT2D eigenvalue weighted by atomic mass is 16.5. The second-order valence-electron chi connectivity index (χ2n) is 8.30. The van der Waals surface area contributed by atoms with E-state index in [1.165, 1.54) is 18.2 Å². The molecule has 6 heteroatoms. The summed E-state index contributed by atoms with van der Waals surface area (Å²) in [5.41, 5.74) is 6.12. The zero-order chi connectivity index (χ0) is 23.4. The Kier molecular flexibility index (Phi) is 6.96. The topological polar surface area (TPSA) is 88.0 Å². The summed E-state index contributed by atoms with van der Waals surface area (Å²) in [6.45, 7) is 2.30. The van der Waals surface area contributed by atoms with E-state index >= 15 is 0 Å². The van der Waals surface area contributed by atoms with E-state index in [0.717, 1.165) is 16.7 Å². The monoisotopic (exact) mass is 447 g/mol. The summed E-state index contributed by atoms with van der Waals surface area (Å²) in [4.78, 5) is 12.3. The molecule has 2 unspecified atom stereocenters. The van der Waals surface area contributed by atoms with E-state index < -0.39 is 18.3 Å². The maximum absolute atomic E-state index is 12.3. The number of methoxy groups -OCH3 is 1. The number of alkyl carbamates (subject to hydrolysis) is 1. The summed E-state index contributed by atoms with van der Waals surface area (Å²) < 4.78 is 10.8. The first kappa shape index (κ1) is 22.8. The molecule has 1 amide bonds. The number of hydrogen-bond acceptors (Lipinski definition) is 5. The van der Waals surface area contributed by atoms with E-state index in [9.17, 15) is 15.0 Å². The van der Waals surface area contributed by atoms with Crippen LogP contribution in [0.4, 0.5) is 4.79 Å². The molecule has 0 spiro atoms. The summed E-state index contributed by atoms with van der Waals surface area (Å²) in [7, 11) is 1.52. The number of aryl methyl sites for hydroxylation is 1. The Labute approximate surface area is 193 Å². The molecule has 33 heavy (non-hydrogen) atoms. The number of benzene rings is 3. The Morgan fingerprint density at radius 3 is 2.27 bits per heavy atom. The summed E-state index contributed by atoms with van der Waals surface area (Å²) in [5.74, 6) is 0.501. The number of carbonyl (C=O) groups excluding carboxylic acids is 1. The van der Waals surface area contributed by atoms with E-state index in [-0.39, 0.29) is 25.5 Å². The summed E-state index contributed by atoms with van der Waals surface area (Å²) in [6, 6.07) is 21.7. The molecule has 0 radical (unpaired) electrons. The third-order valence-electron chi connectivity index (χ3n) is 6.12. The fourth-order valence-electron chi connectivity index (χ4n) is 4.42. The van der Waals surface area contributed by atoms with Crippen LogP contribution >= 0.6 is 0 Å². The zero-order valence-corrected chi connectivity index (χ0v) is 18.8. The van der Waals surface area contributed by atoms with E-state index in [2.05, 4.69) is 29.6 Å². The molecule has 3 aromatic carbocycles. The van der Waals surface area contributed by atoms with Gasteiger partial charge in [-0.2, -0.15) is 0 Å². The van der Waals surface area contributed by atoms with Gasteiger partial charge in [0.15, 0.2) is 0 Å². The van der Waals surface area contributed by atoms with Gasteiger partial charge in [0.05, 0.1) is 13.2 Å². The van der Waals surface area contributed by atoms with Crippen LogP contribution in [0.1, 0.15) is 40.7 Å². The molecule has 172 valence electrons. The van der Waals surface area contributed by atoms with Gasteiger partial charge in [-0.25, -0.2) is 4.79 Å². The molecule has 2 atom stereocenters. The van der Waals surface area contributed by atoms with Crippen molar-refractivity contribution in [2.45, 2.75) is 31.5 Å². The van der Waals surface area contributed by atoms with Crippen LogP contribution in [-0.4, -0.2) is 42.7 Å². The molecule has 0 bridgehead atoms.